The summed E-state index contributed by atoms with van der Waals surface area (Å²) in [5, 5.41) is 4.71. The summed E-state index contributed by atoms with van der Waals surface area (Å²) in [7, 11) is 0. The average molecular weight is 196 g/mol. The highest BCUT2D eigenvalue weighted by Crippen LogP contribution is 2.26. The summed E-state index contributed by atoms with van der Waals surface area (Å²) in [6, 6.07) is 3.48. The Morgan fingerprint density at radius 2 is 2.46 bits per heavy atom. The maximum atomic E-state index is 5.77. The molecule has 0 radical (unpaired) electrons. The van der Waals surface area contributed by atoms with Gasteiger partial charge in [0, 0.05) is 23.5 Å². The number of hydrogen-bond donors (Lipinski definition) is 1. The van der Waals surface area contributed by atoms with Crippen LogP contribution >= 0.6 is 11.6 Å². The van der Waals surface area contributed by atoms with E-state index in [0.717, 1.165) is 0 Å². The third-order valence-corrected chi connectivity index (χ3v) is 2.04. The van der Waals surface area contributed by atoms with Crippen LogP contribution in [0.15, 0.2) is 23.4 Å². The Hall–Kier alpha value is -1.09. The lowest BCUT2D eigenvalue weighted by Gasteiger charge is -1.97. The van der Waals surface area contributed by atoms with E-state index in [1.165, 1.54) is 12.8 Å². The van der Waals surface area contributed by atoms with Crippen LogP contribution < -0.4 is 5.43 Å². The highest BCUT2D eigenvalue weighted by Gasteiger charge is 2.18. The topological polar surface area (TPSA) is 37.3 Å². The number of aromatic nitrogens is 1. The van der Waals surface area contributed by atoms with Gasteiger partial charge in [-0.05, 0) is 24.8 Å². The summed E-state index contributed by atoms with van der Waals surface area (Å²) >= 11 is 5.77. The lowest BCUT2D eigenvalue weighted by Crippen LogP contribution is -1.92. The molecule has 0 atom stereocenters. The number of pyridine rings is 1. The van der Waals surface area contributed by atoms with Crippen molar-refractivity contribution in [3.05, 3.63) is 23.4 Å². The van der Waals surface area contributed by atoms with Gasteiger partial charge in [0.05, 0.1) is 0 Å². The number of nitrogens with one attached hydrogen (secondary N) is 1. The van der Waals surface area contributed by atoms with Crippen molar-refractivity contribution in [1.29, 1.82) is 0 Å². The first-order chi connectivity index (χ1) is 6.34. The third kappa shape index (κ3) is 2.70. The molecule has 4 heteroatoms. The van der Waals surface area contributed by atoms with E-state index in [-0.39, 0.29) is 0 Å². The van der Waals surface area contributed by atoms with Crippen LogP contribution in [0.25, 0.3) is 0 Å². The van der Waals surface area contributed by atoms with Crippen molar-refractivity contribution in [3.8, 4) is 0 Å². The van der Waals surface area contributed by atoms with Crippen LogP contribution in [0.5, 0.6) is 0 Å². The lowest BCUT2D eigenvalue weighted by molar-refractivity contribution is 1.17. The molecule has 1 aliphatic rings. The molecule has 3 nitrogen and oxygen atoms in total. The summed E-state index contributed by atoms with van der Waals surface area (Å²) in [4.78, 5) is 4.05. The summed E-state index contributed by atoms with van der Waals surface area (Å²) in [6.45, 7) is 0. The molecule has 1 N–H and O–H groups in total. The van der Waals surface area contributed by atoms with Gasteiger partial charge in [-0.2, -0.15) is 5.10 Å². The van der Waals surface area contributed by atoms with Crippen LogP contribution in [-0.2, 0) is 0 Å². The first-order valence-electron chi connectivity index (χ1n) is 4.25. The van der Waals surface area contributed by atoms with E-state index in [1.54, 1.807) is 18.3 Å². The molecule has 1 aromatic heterocycles. The fourth-order valence-corrected chi connectivity index (χ4v) is 1.08. The zero-order valence-electron chi connectivity index (χ0n) is 7.07. The minimum absolute atomic E-state index is 0.666. The maximum Gasteiger partial charge on any atom is 0.147 e. The Labute approximate surface area is 81.8 Å². The molecule has 0 amide bonds. The van der Waals surface area contributed by atoms with E-state index < -0.39 is 0 Å². The predicted molar refractivity (Wildman–Crippen MR) is 54.1 cm³/mol. The molecule has 0 saturated heterocycles. The molecule has 1 aliphatic carbocycles. The molecule has 1 aromatic rings. The van der Waals surface area contributed by atoms with Gasteiger partial charge in [0.15, 0.2) is 0 Å². The lowest BCUT2D eigenvalue weighted by atomic mass is 10.5. The van der Waals surface area contributed by atoms with Gasteiger partial charge in [-0.1, -0.05) is 11.6 Å². The number of rotatable bonds is 3. The van der Waals surface area contributed by atoms with Gasteiger partial charge >= 0.3 is 0 Å². The summed E-state index contributed by atoms with van der Waals surface area (Å²) in [6.07, 6.45) is 6.09. The summed E-state index contributed by atoms with van der Waals surface area (Å²) in [5.74, 6) is 1.36. The second kappa shape index (κ2) is 3.75. The van der Waals surface area contributed by atoms with Gasteiger partial charge in [-0.3, -0.25) is 5.43 Å². The monoisotopic (exact) mass is 195 g/mol. The van der Waals surface area contributed by atoms with Crippen molar-refractivity contribution >= 4 is 23.6 Å². The van der Waals surface area contributed by atoms with E-state index in [1.807, 2.05) is 6.21 Å². The quantitative estimate of drug-likeness (QED) is 0.595. The normalized spacial score (nSPS) is 16.4. The van der Waals surface area contributed by atoms with Crippen molar-refractivity contribution in [2.45, 2.75) is 12.8 Å². The number of halogens is 1. The van der Waals surface area contributed by atoms with Crippen molar-refractivity contribution in [2.24, 2.45) is 11.0 Å². The zero-order valence-corrected chi connectivity index (χ0v) is 7.83. The molecule has 0 aliphatic heterocycles. The third-order valence-electron chi connectivity index (χ3n) is 1.81. The second-order valence-electron chi connectivity index (χ2n) is 3.09. The highest BCUT2D eigenvalue weighted by atomic mass is 35.5. The van der Waals surface area contributed by atoms with Crippen LogP contribution in [-0.4, -0.2) is 11.2 Å². The first-order valence-corrected chi connectivity index (χ1v) is 4.63. The molecular formula is C9H10ClN3. The Morgan fingerprint density at radius 3 is 3.15 bits per heavy atom. The molecule has 0 unspecified atom stereocenters. The summed E-state index contributed by atoms with van der Waals surface area (Å²) in [5.41, 5.74) is 2.83. The standard InChI is InChI=1S/C9H10ClN3/c10-8-3-4-11-9(5-8)13-12-6-7-1-2-7/h3-7H,1-2H2,(H,11,13)/b12-6+. The van der Waals surface area contributed by atoms with Crippen LogP contribution in [0.2, 0.25) is 5.02 Å². The van der Waals surface area contributed by atoms with Gasteiger partial charge in [-0.25, -0.2) is 4.98 Å². The molecule has 1 heterocycles. The number of nitrogens with zero attached hydrogens (tertiary/aromatic N) is 2. The predicted octanol–water partition coefficient (Wildman–Crippen LogP) is 2.54. The molecule has 0 aromatic carbocycles. The van der Waals surface area contributed by atoms with E-state index in [9.17, 15) is 0 Å². The maximum absolute atomic E-state index is 5.77. The largest absolute Gasteiger partial charge is 0.262 e. The summed E-state index contributed by atoms with van der Waals surface area (Å²) < 4.78 is 0. The van der Waals surface area contributed by atoms with Crippen molar-refractivity contribution in [2.75, 3.05) is 5.43 Å². The molecule has 1 saturated carbocycles. The second-order valence-corrected chi connectivity index (χ2v) is 3.52. The van der Waals surface area contributed by atoms with Crippen LogP contribution in [0.1, 0.15) is 12.8 Å². The molecule has 13 heavy (non-hydrogen) atoms. The minimum atomic E-state index is 0.666. The van der Waals surface area contributed by atoms with Crippen LogP contribution in [0, 0.1) is 5.92 Å². The van der Waals surface area contributed by atoms with Gasteiger partial charge in [0.1, 0.15) is 5.82 Å². The minimum Gasteiger partial charge on any atom is -0.262 e. The van der Waals surface area contributed by atoms with Crippen molar-refractivity contribution in [1.82, 2.24) is 4.98 Å². The van der Waals surface area contributed by atoms with E-state index in [0.29, 0.717) is 16.8 Å². The van der Waals surface area contributed by atoms with Crippen LogP contribution in [0.3, 0.4) is 0 Å². The molecule has 68 valence electrons. The molecule has 2 rings (SSSR count). The Balaban J connectivity index is 1.92. The van der Waals surface area contributed by atoms with Gasteiger partial charge in [0.2, 0.25) is 0 Å². The molecular weight excluding hydrogens is 186 g/mol. The van der Waals surface area contributed by atoms with E-state index >= 15 is 0 Å². The molecule has 0 spiro atoms. The Morgan fingerprint density at radius 1 is 1.62 bits per heavy atom. The molecule has 0 bridgehead atoms. The fourth-order valence-electron chi connectivity index (χ4n) is 0.920. The Kier molecular flexibility index (Phi) is 2.45. The smallest absolute Gasteiger partial charge is 0.147 e. The average Bonchev–Trinajstić information content (AvgIpc) is 2.88. The van der Waals surface area contributed by atoms with E-state index in [4.69, 9.17) is 11.6 Å². The van der Waals surface area contributed by atoms with Gasteiger partial charge < -0.3 is 0 Å². The zero-order chi connectivity index (χ0) is 9.10. The van der Waals surface area contributed by atoms with Crippen molar-refractivity contribution < 1.29 is 0 Å². The Bertz CT molecular complexity index is 320. The van der Waals surface area contributed by atoms with Crippen LogP contribution in [0.4, 0.5) is 5.82 Å². The van der Waals surface area contributed by atoms with Crippen molar-refractivity contribution in [3.63, 3.8) is 0 Å². The molecule has 1 fully saturated rings. The highest BCUT2D eigenvalue weighted by molar-refractivity contribution is 6.30. The first kappa shape index (κ1) is 8.51. The number of anilines is 1. The number of hydrogen-bond acceptors (Lipinski definition) is 3. The SMILES string of the molecule is Clc1ccnc(N/N=C/C2CC2)c1. The fraction of sp³-hybridized carbons (Fsp3) is 0.333. The number of hydrazone groups is 1. The van der Waals surface area contributed by atoms with E-state index in [2.05, 4.69) is 15.5 Å². The van der Waals surface area contributed by atoms with Gasteiger partial charge in [0.25, 0.3) is 0 Å². The van der Waals surface area contributed by atoms with Gasteiger partial charge in [-0.15, -0.1) is 0 Å².